The van der Waals surface area contributed by atoms with Gasteiger partial charge in [-0.1, -0.05) is 12.1 Å². The van der Waals surface area contributed by atoms with Crippen molar-refractivity contribution in [2.75, 3.05) is 0 Å². The Morgan fingerprint density at radius 3 is 2.09 bits per heavy atom. The van der Waals surface area contributed by atoms with E-state index in [9.17, 15) is 22.7 Å². The number of ether oxygens (including phenoxy) is 2. The van der Waals surface area contributed by atoms with Gasteiger partial charge < -0.3 is 14.6 Å². The highest BCUT2D eigenvalue weighted by Crippen LogP contribution is 2.34. The van der Waals surface area contributed by atoms with Crippen LogP contribution in [0.2, 0.25) is 0 Å². The number of rotatable bonds is 6. The molecule has 0 bridgehead atoms. The van der Waals surface area contributed by atoms with E-state index in [0.29, 0.717) is 10.2 Å². The van der Waals surface area contributed by atoms with E-state index in [-0.39, 0.29) is 5.56 Å². The van der Waals surface area contributed by atoms with Gasteiger partial charge in [0.05, 0.1) is 0 Å². The third-order valence-corrected chi connectivity index (χ3v) is 3.25. The third-order valence-electron chi connectivity index (χ3n) is 2.78. The molecule has 124 valence electrons. The molecule has 1 aromatic carbocycles. The lowest BCUT2D eigenvalue weighted by molar-refractivity contribution is -0.0693. The van der Waals surface area contributed by atoms with Crippen LogP contribution in [0.3, 0.4) is 0 Å². The molecule has 23 heavy (non-hydrogen) atoms. The number of nitrogens with zero attached hydrogens (tertiary/aromatic N) is 1. The fourth-order valence-corrected chi connectivity index (χ4v) is 2.05. The van der Waals surface area contributed by atoms with Crippen LogP contribution in [-0.4, -0.2) is 23.3 Å². The summed E-state index contributed by atoms with van der Waals surface area (Å²) in [5, 5.41) is 10.2. The number of aromatic nitrogens is 1. The third kappa shape index (κ3) is 4.80. The normalized spacial score (nSPS) is 12.5. The summed E-state index contributed by atoms with van der Waals surface area (Å²) in [6, 6.07) is 6.45. The summed E-state index contributed by atoms with van der Waals surface area (Å²) in [4.78, 5) is 3.93. The first-order valence-corrected chi connectivity index (χ1v) is 6.99. The molecule has 0 fully saturated rings. The van der Waals surface area contributed by atoms with Crippen molar-refractivity contribution in [2.24, 2.45) is 0 Å². The Morgan fingerprint density at radius 2 is 1.52 bits per heavy atom. The highest BCUT2D eigenvalue weighted by molar-refractivity contribution is 9.10. The molecule has 0 aliphatic heterocycles. The topological polar surface area (TPSA) is 51.6 Å². The zero-order valence-corrected chi connectivity index (χ0v) is 12.9. The first kappa shape index (κ1) is 17.5. The number of benzene rings is 1. The number of aliphatic hydroxyl groups is 1. The minimum atomic E-state index is -3.23. The fourth-order valence-electron chi connectivity index (χ4n) is 1.82. The van der Waals surface area contributed by atoms with Crippen LogP contribution in [0, 0.1) is 0 Å². The molecule has 2 aromatic rings. The van der Waals surface area contributed by atoms with Crippen molar-refractivity contribution in [2.45, 2.75) is 19.3 Å². The maximum Gasteiger partial charge on any atom is 0.387 e. The van der Waals surface area contributed by atoms with Crippen LogP contribution in [-0.2, 0) is 0 Å². The standard InChI is InChI=1S/C14H10BrF4NO3/c15-11-4-2-8(6-20-11)12(21)7-1-3-9(22-13(16)17)10(5-7)23-14(18)19/h1-6,12-14,21H. The van der Waals surface area contributed by atoms with Crippen LogP contribution in [0.25, 0.3) is 0 Å². The van der Waals surface area contributed by atoms with Crippen molar-refractivity contribution in [3.63, 3.8) is 0 Å². The van der Waals surface area contributed by atoms with Crippen molar-refractivity contribution >= 4 is 15.9 Å². The van der Waals surface area contributed by atoms with E-state index < -0.39 is 30.8 Å². The molecule has 0 aliphatic rings. The molecule has 9 heteroatoms. The van der Waals surface area contributed by atoms with E-state index in [2.05, 4.69) is 30.4 Å². The van der Waals surface area contributed by atoms with Gasteiger partial charge in [0.15, 0.2) is 11.5 Å². The van der Waals surface area contributed by atoms with Crippen molar-refractivity contribution in [1.29, 1.82) is 0 Å². The van der Waals surface area contributed by atoms with Crippen molar-refractivity contribution < 1.29 is 32.1 Å². The zero-order chi connectivity index (χ0) is 17.0. The summed E-state index contributed by atoms with van der Waals surface area (Å²) < 4.78 is 58.2. The van der Waals surface area contributed by atoms with Gasteiger partial charge in [-0.3, -0.25) is 0 Å². The van der Waals surface area contributed by atoms with Crippen molar-refractivity contribution in [3.05, 3.63) is 52.3 Å². The van der Waals surface area contributed by atoms with Gasteiger partial charge in [-0.15, -0.1) is 0 Å². The smallest absolute Gasteiger partial charge is 0.387 e. The predicted molar refractivity (Wildman–Crippen MR) is 75.7 cm³/mol. The summed E-state index contributed by atoms with van der Waals surface area (Å²) in [5.41, 5.74) is 0.546. The van der Waals surface area contributed by atoms with Crippen LogP contribution in [0.15, 0.2) is 41.1 Å². The van der Waals surface area contributed by atoms with Crippen LogP contribution in [0.5, 0.6) is 11.5 Å². The number of halogens is 5. The molecule has 1 N–H and O–H groups in total. The number of alkyl halides is 4. The molecule has 0 saturated heterocycles. The van der Waals surface area contributed by atoms with Crippen LogP contribution in [0.1, 0.15) is 17.2 Å². The second kappa shape index (κ2) is 7.60. The second-order valence-corrected chi connectivity index (χ2v) is 5.09. The lowest BCUT2D eigenvalue weighted by Gasteiger charge is -2.16. The summed E-state index contributed by atoms with van der Waals surface area (Å²) >= 11 is 3.14. The Hall–Kier alpha value is -1.87. The number of hydrogen-bond acceptors (Lipinski definition) is 4. The largest absolute Gasteiger partial charge is 0.431 e. The molecular formula is C14H10BrF4NO3. The van der Waals surface area contributed by atoms with Gasteiger partial charge in [-0.2, -0.15) is 17.6 Å². The SMILES string of the molecule is OC(c1ccc(Br)nc1)c1ccc(OC(F)F)c(OC(F)F)c1. The van der Waals surface area contributed by atoms with Gasteiger partial charge in [0, 0.05) is 11.8 Å². The Bertz CT molecular complexity index is 655. The first-order valence-electron chi connectivity index (χ1n) is 6.20. The predicted octanol–water partition coefficient (Wildman–Crippen LogP) is 4.13. The van der Waals surface area contributed by atoms with E-state index in [1.807, 2.05) is 0 Å². The number of pyridine rings is 1. The summed E-state index contributed by atoms with van der Waals surface area (Å²) in [7, 11) is 0. The van der Waals surface area contributed by atoms with Crippen LogP contribution >= 0.6 is 15.9 Å². The maximum absolute atomic E-state index is 12.4. The molecule has 0 spiro atoms. The van der Waals surface area contributed by atoms with E-state index in [1.165, 1.54) is 12.3 Å². The maximum atomic E-state index is 12.4. The van der Waals surface area contributed by atoms with E-state index >= 15 is 0 Å². The Labute approximate surface area is 136 Å². The molecule has 1 heterocycles. The van der Waals surface area contributed by atoms with Crippen LogP contribution < -0.4 is 9.47 Å². The summed E-state index contributed by atoms with van der Waals surface area (Å²) in [6.45, 7) is -6.42. The average molecular weight is 396 g/mol. The lowest BCUT2D eigenvalue weighted by Crippen LogP contribution is -2.09. The van der Waals surface area contributed by atoms with Crippen molar-refractivity contribution in [1.82, 2.24) is 4.98 Å². The second-order valence-electron chi connectivity index (χ2n) is 4.28. The molecule has 2 rings (SSSR count). The van der Waals surface area contributed by atoms with Gasteiger partial charge in [-0.05, 0) is 39.7 Å². The first-order chi connectivity index (χ1) is 10.9. The molecule has 1 atom stereocenters. The average Bonchev–Trinajstić information content (AvgIpc) is 2.48. The number of hydrogen-bond donors (Lipinski definition) is 1. The minimum Gasteiger partial charge on any atom is -0.431 e. The highest BCUT2D eigenvalue weighted by atomic mass is 79.9. The van der Waals surface area contributed by atoms with Gasteiger partial charge in [0.2, 0.25) is 0 Å². The van der Waals surface area contributed by atoms with Gasteiger partial charge >= 0.3 is 13.2 Å². The van der Waals surface area contributed by atoms with E-state index in [4.69, 9.17) is 0 Å². The van der Waals surface area contributed by atoms with Gasteiger partial charge in [0.25, 0.3) is 0 Å². The van der Waals surface area contributed by atoms with Crippen molar-refractivity contribution in [3.8, 4) is 11.5 Å². The zero-order valence-electron chi connectivity index (χ0n) is 11.3. The number of aliphatic hydroxyl groups excluding tert-OH is 1. The van der Waals surface area contributed by atoms with Crippen LogP contribution in [0.4, 0.5) is 17.6 Å². The molecule has 0 aliphatic carbocycles. The molecule has 0 amide bonds. The summed E-state index contributed by atoms with van der Waals surface area (Å²) in [6.07, 6.45) is 0.183. The van der Waals surface area contributed by atoms with E-state index in [0.717, 1.165) is 12.1 Å². The molecule has 1 aromatic heterocycles. The lowest BCUT2D eigenvalue weighted by atomic mass is 10.0. The van der Waals surface area contributed by atoms with E-state index in [1.54, 1.807) is 12.1 Å². The molecule has 1 unspecified atom stereocenters. The Kier molecular flexibility index (Phi) is 5.78. The fraction of sp³-hybridized carbons (Fsp3) is 0.214. The summed E-state index contributed by atoms with van der Waals surface area (Å²) in [5.74, 6) is -1.15. The van der Waals surface area contributed by atoms with Gasteiger partial charge in [0.1, 0.15) is 10.7 Å². The molecular weight excluding hydrogens is 386 g/mol. The molecule has 0 saturated carbocycles. The molecule has 4 nitrogen and oxygen atoms in total. The Morgan fingerprint density at radius 1 is 0.913 bits per heavy atom. The highest BCUT2D eigenvalue weighted by Gasteiger charge is 2.18. The molecule has 0 radical (unpaired) electrons. The minimum absolute atomic E-state index is 0.159. The van der Waals surface area contributed by atoms with Gasteiger partial charge in [-0.25, -0.2) is 4.98 Å². The monoisotopic (exact) mass is 395 g/mol. The Balaban J connectivity index is 2.33. The quantitative estimate of drug-likeness (QED) is 0.590.